The van der Waals surface area contributed by atoms with Crippen LogP contribution in [-0.4, -0.2) is 8.76 Å². The lowest BCUT2D eigenvalue weighted by atomic mass is 10.2. The van der Waals surface area contributed by atoms with Crippen LogP contribution < -0.4 is 0 Å². The van der Waals surface area contributed by atoms with E-state index in [1.54, 1.807) is 18.2 Å². The van der Waals surface area contributed by atoms with Gasteiger partial charge < -0.3 is 4.55 Å². The van der Waals surface area contributed by atoms with Crippen LogP contribution in [0.5, 0.6) is 0 Å². The van der Waals surface area contributed by atoms with Crippen LogP contribution >= 0.6 is 0 Å². The van der Waals surface area contributed by atoms with Crippen LogP contribution in [-0.2, 0) is 11.1 Å². The molecule has 0 aliphatic carbocycles. The summed E-state index contributed by atoms with van der Waals surface area (Å²) in [5.74, 6) is 5.91. The molecule has 84 valence electrons. The average Bonchev–Trinajstić information content (AvgIpc) is 2.38. The second-order valence-electron chi connectivity index (χ2n) is 3.38. The van der Waals surface area contributed by atoms with Crippen LogP contribution in [0.4, 0.5) is 0 Å². The molecule has 17 heavy (non-hydrogen) atoms. The van der Waals surface area contributed by atoms with Crippen molar-refractivity contribution in [1.82, 2.24) is 0 Å². The molecule has 1 atom stereocenters. The second-order valence-corrected chi connectivity index (χ2v) is 4.32. The summed E-state index contributed by atoms with van der Waals surface area (Å²) in [5.41, 5.74) is 1.59. The Morgan fingerprint density at radius 2 is 1.53 bits per heavy atom. The lowest BCUT2D eigenvalue weighted by Crippen LogP contribution is -1.88. The third kappa shape index (κ3) is 3.28. The molecule has 2 aromatic rings. The van der Waals surface area contributed by atoms with E-state index in [-0.39, 0.29) is 4.90 Å². The van der Waals surface area contributed by atoms with Crippen molar-refractivity contribution in [3.05, 3.63) is 65.7 Å². The molecule has 2 aromatic carbocycles. The molecule has 0 radical (unpaired) electrons. The zero-order chi connectivity index (χ0) is 12.1. The maximum absolute atomic E-state index is 10.8. The van der Waals surface area contributed by atoms with E-state index in [1.807, 2.05) is 30.3 Å². The van der Waals surface area contributed by atoms with Gasteiger partial charge >= 0.3 is 0 Å². The summed E-state index contributed by atoms with van der Waals surface area (Å²) < 4.78 is 21.6. The molecule has 1 unspecified atom stereocenters. The first-order chi connectivity index (χ1) is 8.25. The fourth-order valence-electron chi connectivity index (χ4n) is 1.34. The van der Waals surface area contributed by atoms with Gasteiger partial charge in [-0.05, 0) is 41.4 Å². The largest absolute Gasteiger partial charge is 0.768 e. The van der Waals surface area contributed by atoms with Gasteiger partial charge in [-0.25, -0.2) is 0 Å². The van der Waals surface area contributed by atoms with E-state index in [9.17, 15) is 8.76 Å². The van der Waals surface area contributed by atoms with Crippen LogP contribution in [0.1, 0.15) is 11.1 Å². The van der Waals surface area contributed by atoms with E-state index in [4.69, 9.17) is 0 Å². The van der Waals surface area contributed by atoms with Crippen molar-refractivity contribution in [2.24, 2.45) is 0 Å². The maximum atomic E-state index is 10.8. The summed E-state index contributed by atoms with van der Waals surface area (Å²) in [6, 6.07) is 16.1. The molecule has 0 aliphatic rings. The Hall–Kier alpha value is -1.89. The summed E-state index contributed by atoms with van der Waals surface area (Å²) in [6.07, 6.45) is 0. The highest BCUT2D eigenvalue weighted by Crippen LogP contribution is 2.07. The van der Waals surface area contributed by atoms with Crippen molar-refractivity contribution in [3.63, 3.8) is 0 Å². The Morgan fingerprint density at radius 1 is 0.882 bits per heavy atom. The van der Waals surface area contributed by atoms with Crippen molar-refractivity contribution >= 4 is 11.1 Å². The predicted molar refractivity (Wildman–Crippen MR) is 66.0 cm³/mol. The molecule has 2 nitrogen and oxygen atoms in total. The van der Waals surface area contributed by atoms with E-state index in [0.717, 1.165) is 5.56 Å². The molecule has 0 aromatic heterocycles. The first kappa shape index (κ1) is 11.6. The molecule has 0 N–H and O–H groups in total. The van der Waals surface area contributed by atoms with Crippen LogP contribution in [0, 0.1) is 11.8 Å². The molecule has 3 heteroatoms. The summed E-state index contributed by atoms with van der Waals surface area (Å²) in [4.78, 5) is 0.255. The quantitative estimate of drug-likeness (QED) is 0.568. The molecule has 0 amide bonds. The van der Waals surface area contributed by atoms with Crippen molar-refractivity contribution in [3.8, 4) is 11.8 Å². The molecule has 0 bridgehead atoms. The van der Waals surface area contributed by atoms with E-state index >= 15 is 0 Å². The second kappa shape index (κ2) is 5.44. The molecule has 0 saturated carbocycles. The van der Waals surface area contributed by atoms with Gasteiger partial charge in [-0.1, -0.05) is 36.1 Å². The summed E-state index contributed by atoms with van der Waals surface area (Å²) in [6.45, 7) is 0. The van der Waals surface area contributed by atoms with Crippen molar-refractivity contribution in [2.45, 2.75) is 4.90 Å². The summed E-state index contributed by atoms with van der Waals surface area (Å²) in [7, 11) is 0. The van der Waals surface area contributed by atoms with Gasteiger partial charge in [0, 0.05) is 16.0 Å². The lowest BCUT2D eigenvalue weighted by Gasteiger charge is -2.03. The fraction of sp³-hybridized carbons (Fsp3) is 0. The molecular formula is C14H9O2S-. The van der Waals surface area contributed by atoms with Gasteiger partial charge in [0.1, 0.15) is 0 Å². The van der Waals surface area contributed by atoms with Gasteiger partial charge in [-0.15, -0.1) is 0 Å². The van der Waals surface area contributed by atoms with Crippen molar-refractivity contribution < 1.29 is 8.76 Å². The first-order valence-corrected chi connectivity index (χ1v) is 6.09. The van der Waals surface area contributed by atoms with Gasteiger partial charge in [-0.3, -0.25) is 4.21 Å². The van der Waals surface area contributed by atoms with E-state index in [1.165, 1.54) is 6.07 Å². The molecular weight excluding hydrogens is 232 g/mol. The van der Waals surface area contributed by atoms with Gasteiger partial charge in [0.15, 0.2) is 0 Å². The van der Waals surface area contributed by atoms with Gasteiger partial charge in [0.05, 0.1) is 0 Å². The van der Waals surface area contributed by atoms with Crippen LogP contribution in [0.2, 0.25) is 0 Å². The number of hydrogen-bond donors (Lipinski definition) is 0. The van der Waals surface area contributed by atoms with Gasteiger partial charge in [-0.2, -0.15) is 0 Å². The minimum atomic E-state index is -2.21. The SMILES string of the molecule is O=S([O-])c1cccc(C#Cc2ccccc2)c1. The Kier molecular flexibility index (Phi) is 3.71. The van der Waals surface area contributed by atoms with E-state index < -0.39 is 11.1 Å². The monoisotopic (exact) mass is 241 g/mol. The summed E-state index contributed by atoms with van der Waals surface area (Å²) >= 11 is -2.21. The van der Waals surface area contributed by atoms with Gasteiger partial charge in [0.25, 0.3) is 0 Å². The Balaban J connectivity index is 2.28. The molecule has 2 rings (SSSR count). The van der Waals surface area contributed by atoms with Gasteiger partial charge in [0.2, 0.25) is 0 Å². The highest BCUT2D eigenvalue weighted by Gasteiger charge is 1.92. The molecule has 0 fully saturated rings. The third-order valence-corrected chi connectivity index (χ3v) is 2.79. The molecule has 0 spiro atoms. The van der Waals surface area contributed by atoms with Crippen molar-refractivity contribution in [1.29, 1.82) is 0 Å². The zero-order valence-electron chi connectivity index (χ0n) is 8.92. The van der Waals surface area contributed by atoms with Crippen LogP contribution in [0.3, 0.4) is 0 Å². The highest BCUT2D eigenvalue weighted by molar-refractivity contribution is 7.79. The minimum absolute atomic E-state index is 0.255. The van der Waals surface area contributed by atoms with Crippen molar-refractivity contribution in [2.75, 3.05) is 0 Å². The maximum Gasteiger partial charge on any atom is 0.0261 e. The Labute approximate surface area is 103 Å². The average molecular weight is 241 g/mol. The Morgan fingerprint density at radius 3 is 2.24 bits per heavy atom. The lowest BCUT2D eigenvalue weighted by molar-refractivity contribution is 0.537. The number of rotatable bonds is 1. The smallest absolute Gasteiger partial charge is 0.0261 e. The normalized spacial score (nSPS) is 11.4. The van der Waals surface area contributed by atoms with E-state index in [0.29, 0.717) is 5.56 Å². The third-order valence-electron chi connectivity index (χ3n) is 2.15. The first-order valence-electron chi connectivity index (χ1n) is 5.02. The summed E-state index contributed by atoms with van der Waals surface area (Å²) in [5, 5.41) is 0. The highest BCUT2D eigenvalue weighted by atomic mass is 32.2. The van der Waals surface area contributed by atoms with Crippen LogP contribution in [0.25, 0.3) is 0 Å². The fourth-order valence-corrected chi connectivity index (χ4v) is 1.76. The predicted octanol–water partition coefficient (Wildman–Crippen LogP) is 2.32. The molecule has 0 aliphatic heterocycles. The van der Waals surface area contributed by atoms with E-state index in [2.05, 4.69) is 11.8 Å². The topological polar surface area (TPSA) is 40.1 Å². The zero-order valence-corrected chi connectivity index (χ0v) is 9.74. The number of hydrogen-bond acceptors (Lipinski definition) is 2. The molecule has 0 heterocycles. The Bertz CT molecular complexity index is 594. The number of benzene rings is 2. The molecule has 0 saturated heterocycles. The standard InChI is InChI=1S/C14H10O2S/c15-17(16)14-8-4-7-13(11-14)10-9-12-5-2-1-3-6-12/h1-8,11H,(H,15,16)/p-1. The van der Waals surface area contributed by atoms with Crippen LogP contribution in [0.15, 0.2) is 59.5 Å². The minimum Gasteiger partial charge on any atom is -0.768 e.